The van der Waals surface area contributed by atoms with Crippen molar-refractivity contribution in [3.8, 4) is 0 Å². The van der Waals surface area contributed by atoms with Crippen LogP contribution in [0, 0.1) is 0 Å². The molecule has 0 unspecified atom stereocenters. The number of rotatable bonds is 1. The lowest BCUT2D eigenvalue weighted by atomic mass is 10.4. The minimum atomic E-state index is -0.386. The Kier molecular flexibility index (Phi) is 3.05. The van der Waals surface area contributed by atoms with Gasteiger partial charge in [0.2, 0.25) is 0 Å². The number of ether oxygens (including phenoxy) is 1. The lowest BCUT2D eigenvalue weighted by molar-refractivity contribution is 0.133. The van der Waals surface area contributed by atoms with E-state index >= 15 is 0 Å². The van der Waals surface area contributed by atoms with Crippen molar-refractivity contribution in [2.75, 3.05) is 13.2 Å². The second-order valence-electron chi connectivity index (χ2n) is 3.24. The van der Waals surface area contributed by atoms with E-state index in [0.29, 0.717) is 6.61 Å². The van der Waals surface area contributed by atoms with Crippen molar-refractivity contribution < 1.29 is 9.53 Å². The van der Waals surface area contributed by atoms with Crippen LogP contribution in [0.25, 0.3) is 0 Å². The Bertz CT molecular complexity index is 396. The molecule has 0 atom stereocenters. The summed E-state index contributed by atoms with van der Waals surface area (Å²) < 4.78 is 4.90. The average Bonchev–Trinajstić information content (AvgIpc) is 2.51. The molecule has 0 aromatic heterocycles. The van der Waals surface area contributed by atoms with Crippen LogP contribution in [-0.4, -0.2) is 34.9 Å². The molecule has 2 aliphatic rings. The highest BCUT2D eigenvalue weighted by atomic mass is 16.5. The van der Waals surface area contributed by atoms with E-state index in [1.54, 1.807) is 37.8 Å². The highest BCUT2D eigenvalue weighted by Gasteiger charge is 2.14. The van der Waals surface area contributed by atoms with Crippen molar-refractivity contribution in [3.05, 3.63) is 37.0 Å². The zero-order valence-electron chi connectivity index (χ0n) is 9.04. The number of carbonyl (C=O) groups is 1. The number of fused-ring (bicyclic) bond motifs is 1. The SMILES string of the molecule is CCOC(=O)N1C=CC2=NC=CCN2C=C1. The Hall–Kier alpha value is -2.04. The van der Waals surface area contributed by atoms with Gasteiger partial charge >= 0.3 is 6.09 Å². The first-order chi connectivity index (χ1) is 7.81. The monoisotopic (exact) mass is 219 g/mol. The van der Waals surface area contributed by atoms with Crippen molar-refractivity contribution in [2.24, 2.45) is 4.99 Å². The number of hydrogen-bond donors (Lipinski definition) is 0. The number of nitrogens with zero attached hydrogens (tertiary/aromatic N) is 3. The first kappa shape index (κ1) is 10.5. The van der Waals surface area contributed by atoms with Crippen LogP contribution in [0.3, 0.4) is 0 Å². The molecule has 0 aliphatic carbocycles. The van der Waals surface area contributed by atoms with Gasteiger partial charge in [-0.1, -0.05) is 0 Å². The van der Waals surface area contributed by atoms with Gasteiger partial charge in [-0.3, -0.25) is 4.90 Å². The number of carbonyl (C=O) groups excluding carboxylic acids is 1. The fourth-order valence-electron chi connectivity index (χ4n) is 1.40. The molecule has 5 heteroatoms. The lowest BCUT2D eigenvalue weighted by Crippen LogP contribution is -2.25. The first-order valence-electron chi connectivity index (χ1n) is 5.12. The topological polar surface area (TPSA) is 45.1 Å². The summed E-state index contributed by atoms with van der Waals surface area (Å²) in [4.78, 5) is 19.0. The maximum Gasteiger partial charge on any atom is 0.417 e. The molecule has 0 aromatic carbocycles. The van der Waals surface area contributed by atoms with Gasteiger partial charge in [0.25, 0.3) is 0 Å². The molecule has 2 heterocycles. The minimum absolute atomic E-state index is 0.364. The van der Waals surface area contributed by atoms with Gasteiger partial charge in [0.15, 0.2) is 0 Å². The van der Waals surface area contributed by atoms with Crippen molar-refractivity contribution in [1.82, 2.24) is 9.80 Å². The Morgan fingerprint density at radius 1 is 1.50 bits per heavy atom. The molecule has 0 fully saturated rings. The zero-order valence-corrected chi connectivity index (χ0v) is 9.04. The van der Waals surface area contributed by atoms with Crippen LogP contribution in [0.15, 0.2) is 41.9 Å². The van der Waals surface area contributed by atoms with E-state index < -0.39 is 0 Å². The summed E-state index contributed by atoms with van der Waals surface area (Å²) in [6, 6.07) is 0. The van der Waals surface area contributed by atoms with Gasteiger partial charge in [0.1, 0.15) is 5.84 Å². The predicted octanol–water partition coefficient (Wildman–Crippen LogP) is 1.67. The highest BCUT2D eigenvalue weighted by molar-refractivity contribution is 5.95. The molecular weight excluding hydrogens is 206 g/mol. The van der Waals surface area contributed by atoms with E-state index in [9.17, 15) is 4.79 Å². The van der Waals surface area contributed by atoms with Crippen LogP contribution >= 0.6 is 0 Å². The zero-order chi connectivity index (χ0) is 11.4. The summed E-state index contributed by atoms with van der Waals surface area (Å²) in [5.41, 5.74) is 0. The molecule has 2 aliphatic heterocycles. The smallest absolute Gasteiger partial charge is 0.417 e. The average molecular weight is 219 g/mol. The molecule has 1 amide bonds. The van der Waals surface area contributed by atoms with Gasteiger partial charge in [0, 0.05) is 31.3 Å². The van der Waals surface area contributed by atoms with Gasteiger partial charge in [0.05, 0.1) is 6.61 Å². The normalized spacial score (nSPS) is 17.9. The third-order valence-corrected chi connectivity index (χ3v) is 2.18. The summed E-state index contributed by atoms with van der Waals surface area (Å²) in [5, 5.41) is 0. The van der Waals surface area contributed by atoms with E-state index in [2.05, 4.69) is 4.99 Å². The molecule has 5 nitrogen and oxygen atoms in total. The largest absolute Gasteiger partial charge is 0.449 e. The van der Waals surface area contributed by atoms with Crippen LogP contribution < -0.4 is 0 Å². The summed E-state index contributed by atoms with van der Waals surface area (Å²) in [5.74, 6) is 0.811. The summed E-state index contributed by atoms with van der Waals surface area (Å²) in [6.45, 7) is 2.90. The molecular formula is C11H13N3O2. The molecule has 0 saturated carbocycles. The summed E-state index contributed by atoms with van der Waals surface area (Å²) in [7, 11) is 0. The maximum absolute atomic E-state index is 11.5. The predicted molar refractivity (Wildman–Crippen MR) is 60.4 cm³/mol. The van der Waals surface area contributed by atoms with Crippen LogP contribution in [0.5, 0.6) is 0 Å². The molecule has 16 heavy (non-hydrogen) atoms. The standard InChI is InChI=1S/C11H13N3O2/c1-2-16-11(15)14-7-4-10-12-5-3-6-13(10)8-9-14/h3-5,7-9H,2,6H2,1H3. The van der Waals surface area contributed by atoms with E-state index in [0.717, 1.165) is 12.4 Å². The molecule has 2 rings (SSSR count). The van der Waals surface area contributed by atoms with Gasteiger partial charge in [-0.05, 0) is 19.1 Å². The van der Waals surface area contributed by atoms with Crippen LogP contribution in [0.2, 0.25) is 0 Å². The molecule has 84 valence electrons. The Balaban J connectivity index is 2.14. The van der Waals surface area contributed by atoms with E-state index in [-0.39, 0.29) is 6.09 Å². The summed E-state index contributed by atoms with van der Waals surface area (Å²) >= 11 is 0. The molecule has 0 spiro atoms. The van der Waals surface area contributed by atoms with E-state index in [1.807, 2.05) is 11.0 Å². The first-order valence-corrected chi connectivity index (χ1v) is 5.12. The third kappa shape index (κ3) is 2.13. The number of amidine groups is 1. The van der Waals surface area contributed by atoms with Gasteiger partial charge in [-0.15, -0.1) is 0 Å². The maximum atomic E-state index is 11.5. The van der Waals surface area contributed by atoms with Gasteiger partial charge < -0.3 is 9.64 Å². The molecule has 0 saturated heterocycles. The van der Waals surface area contributed by atoms with Crippen molar-refractivity contribution in [2.45, 2.75) is 6.92 Å². The highest BCUT2D eigenvalue weighted by Crippen LogP contribution is 2.09. The summed E-state index contributed by atoms with van der Waals surface area (Å²) in [6.07, 6.45) is 10.2. The quantitative estimate of drug-likeness (QED) is 0.674. The van der Waals surface area contributed by atoms with Crippen molar-refractivity contribution >= 4 is 11.9 Å². The van der Waals surface area contributed by atoms with Crippen molar-refractivity contribution in [1.29, 1.82) is 0 Å². The second-order valence-corrected chi connectivity index (χ2v) is 3.24. The molecule has 0 bridgehead atoms. The van der Waals surface area contributed by atoms with Crippen molar-refractivity contribution in [3.63, 3.8) is 0 Å². The molecule has 0 aromatic rings. The number of aliphatic imine (C=N–C) groups is 1. The van der Waals surface area contributed by atoms with E-state index in [4.69, 9.17) is 4.74 Å². The number of amides is 1. The third-order valence-electron chi connectivity index (χ3n) is 2.18. The van der Waals surface area contributed by atoms with Crippen LogP contribution in [0.1, 0.15) is 6.92 Å². The molecule has 0 radical (unpaired) electrons. The van der Waals surface area contributed by atoms with E-state index in [1.165, 1.54) is 4.90 Å². The van der Waals surface area contributed by atoms with Gasteiger partial charge in [-0.25, -0.2) is 9.79 Å². The molecule has 0 N–H and O–H groups in total. The second kappa shape index (κ2) is 4.65. The number of hydrogen-bond acceptors (Lipinski definition) is 4. The van der Waals surface area contributed by atoms with Crippen LogP contribution in [0.4, 0.5) is 4.79 Å². The van der Waals surface area contributed by atoms with Crippen LogP contribution in [-0.2, 0) is 4.74 Å². The Morgan fingerprint density at radius 2 is 2.38 bits per heavy atom. The minimum Gasteiger partial charge on any atom is -0.449 e. The fraction of sp³-hybridized carbons (Fsp3) is 0.273. The lowest BCUT2D eigenvalue weighted by Gasteiger charge is -2.18. The Labute approximate surface area is 94.0 Å². The van der Waals surface area contributed by atoms with Gasteiger partial charge in [-0.2, -0.15) is 0 Å². The Morgan fingerprint density at radius 3 is 3.19 bits per heavy atom. The fourth-order valence-corrected chi connectivity index (χ4v) is 1.40.